The van der Waals surface area contributed by atoms with Gasteiger partial charge in [-0.15, -0.1) is 0 Å². The molecule has 0 unspecified atom stereocenters. The molecule has 0 saturated heterocycles. The van der Waals surface area contributed by atoms with Crippen molar-refractivity contribution in [2.45, 2.75) is 6.18 Å². The Balaban J connectivity index is 0.000000583. The first-order valence-electron chi connectivity index (χ1n) is 3.97. The monoisotopic (exact) mass is 218 g/mol. The molecular formula is C9H10BF3O2. The van der Waals surface area contributed by atoms with Crippen molar-refractivity contribution in [3.8, 4) is 0 Å². The van der Waals surface area contributed by atoms with Gasteiger partial charge in [-0.2, -0.15) is 13.2 Å². The predicted octanol–water partition coefficient (Wildman–Crippen LogP) is 1.59. The van der Waals surface area contributed by atoms with Crippen LogP contribution in [0.3, 0.4) is 0 Å². The van der Waals surface area contributed by atoms with Crippen LogP contribution in [-0.2, 0) is 6.18 Å². The highest BCUT2D eigenvalue weighted by atomic mass is 19.4. The number of alkyl halides is 3. The number of benzene rings is 1. The van der Waals surface area contributed by atoms with Crippen molar-refractivity contribution in [1.82, 2.24) is 0 Å². The summed E-state index contributed by atoms with van der Waals surface area (Å²) in [6.07, 6.45) is -2.75. The van der Waals surface area contributed by atoms with Crippen molar-refractivity contribution in [3.63, 3.8) is 0 Å². The SMILES string of the molecule is C=Cc1ccc(C(F)(F)F)cc1.OBO. The molecule has 0 fully saturated rings. The summed E-state index contributed by atoms with van der Waals surface area (Å²) in [5.41, 5.74) is 0.0519. The first kappa shape index (κ1) is 13.7. The van der Waals surface area contributed by atoms with E-state index in [0.29, 0.717) is 5.56 Å². The molecule has 1 aromatic rings. The predicted molar refractivity (Wildman–Crippen MR) is 53.1 cm³/mol. The highest BCUT2D eigenvalue weighted by Crippen LogP contribution is 2.29. The molecule has 1 rings (SSSR count). The second-order valence-electron chi connectivity index (χ2n) is 2.47. The Morgan fingerprint density at radius 3 is 1.80 bits per heavy atom. The summed E-state index contributed by atoms with van der Waals surface area (Å²) in [5.74, 6) is 0. The van der Waals surface area contributed by atoms with Crippen molar-refractivity contribution in [1.29, 1.82) is 0 Å². The fourth-order valence-corrected chi connectivity index (χ4v) is 0.808. The van der Waals surface area contributed by atoms with E-state index < -0.39 is 19.4 Å². The highest BCUT2D eigenvalue weighted by molar-refractivity contribution is 6.13. The molecule has 0 spiro atoms. The number of halogens is 3. The molecule has 0 aliphatic carbocycles. The Kier molecular flexibility index (Phi) is 5.73. The number of rotatable bonds is 1. The summed E-state index contributed by atoms with van der Waals surface area (Å²) >= 11 is 0. The zero-order valence-electron chi connectivity index (χ0n) is 7.83. The van der Waals surface area contributed by atoms with Gasteiger partial charge in [0.15, 0.2) is 0 Å². The minimum absolute atomic E-state index is 0.631. The Labute approximate surface area is 86.0 Å². The van der Waals surface area contributed by atoms with Crippen LogP contribution >= 0.6 is 0 Å². The van der Waals surface area contributed by atoms with Gasteiger partial charge in [0.25, 0.3) is 0 Å². The van der Waals surface area contributed by atoms with Crippen LogP contribution < -0.4 is 0 Å². The molecule has 0 amide bonds. The number of hydrogen-bond acceptors (Lipinski definition) is 2. The fourth-order valence-electron chi connectivity index (χ4n) is 0.808. The minimum Gasteiger partial charge on any atom is -0.430 e. The lowest BCUT2D eigenvalue weighted by molar-refractivity contribution is -0.137. The van der Waals surface area contributed by atoms with Crippen LogP contribution in [0.25, 0.3) is 6.08 Å². The van der Waals surface area contributed by atoms with E-state index in [1.165, 1.54) is 18.2 Å². The topological polar surface area (TPSA) is 40.5 Å². The van der Waals surface area contributed by atoms with Crippen LogP contribution in [0, 0.1) is 0 Å². The number of hydrogen-bond donors (Lipinski definition) is 2. The zero-order valence-corrected chi connectivity index (χ0v) is 7.83. The molecule has 0 aliphatic heterocycles. The van der Waals surface area contributed by atoms with E-state index in [1.807, 2.05) is 0 Å². The first-order valence-corrected chi connectivity index (χ1v) is 3.97. The molecule has 0 aromatic heterocycles. The third kappa shape index (κ3) is 5.24. The van der Waals surface area contributed by atoms with E-state index in [2.05, 4.69) is 6.58 Å². The Bertz CT molecular complexity index is 295. The van der Waals surface area contributed by atoms with Crippen molar-refractivity contribution in [2.24, 2.45) is 0 Å². The standard InChI is InChI=1S/C9H7F3.BH3O2/c1-2-7-3-5-8(6-4-7)9(10,11)12;2-1-3/h2-6H,1H2;1-3H. The van der Waals surface area contributed by atoms with Crippen LogP contribution in [0.4, 0.5) is 13.2 Å². The zero-order chi connectivity index (χ0) is 11.9. The third-order valence-electron chi connectivity index (χ3n) is 1.47. The van der Waals surface area contributed by atoms with Gasteiger partial charge in [0.1, 0.15) is 0 Å². The molecule has 0 heterocycles. The van der Waals surface area contributed by atoms with E-state index in [4.69, 9.17) is 10.0 Å². The summed E-state index contributed by atoms with van der Waals surface area (Å²) in [6.45, 7) is 3.44. The van der Waals surface area contributed by atoms with Crippen molar-refractivity contribution >= 4 is 13.8 Å². The van der Waals surface area contributed by atoms with E-state index >= 15 is 0 Å². The first-order chi connectivity index (χ1) is 6.95. The maximum Gasteiger partial charge on any atom is 0.432 e. The Morgan fingerprint density at radius 1 is 1.13 bits per heavy atom. The summed E-state index contributed by atoms with van der Waals surface area (Å²) in [6, 6.07) is 4.85. The summed E-state index contributed by atoms with van der Waals surface area (Å²) in [4.78, 5) is 0. The van der Waals surface area contributed by atoms with Gasteiger partial charge in [-0.05, 0) is 17.7 Å². The Morgan fingerprint density at radius 2 is 1.53 bits per heavy atom. The van der Waals surface area contributed by atoms with E-state index in [-0.39, 0.29) is 0 Å². The molecule has 0 atom stereocenters. The average molecular weight is 218 g/mol. The lowest BCUT2D eigenvalue weighted by Gasteiger charge is -2.05. The largest absolute Gasteiger partial charge is 0.432 e. The molecule has 82 valence electrons. The smallest absolute Gasteiger partial charge is 0.430 e. The molecule has 0 radical (unpaired) electrons. The minimum atomic E-state index is -4.25. The van der Waals surface area contributed by atoms with Crippen LogP contribution in [0.5, 0.6) is 0 Å². The summed E-state index contributed by atoms with van der Waals surface area (Å²) in [5, 5.41) is 14.2. The van der Waals surface area contributed by atoms with E-state index in [0.717, 1.165) is 12.1 Å². The molecule has 0 aliphatic rings. The Hall–Kier alpha value is -1.27. The highest BCUT2D eigenvalue weighted by Gasteiger charge is 2.29. The molecule has 2 nitrogen and oxygen atoms in total. The molecule has 0 bridgehead atoms. The van der Waals surface area contributed by atoms with Crippen molar-refractivity contribution in [2.75, 3.05) is 0 Å². The lowest BCUT2D eigenvalue weighted by Crippen LogP contribution is -2.03. The van der Waals surface area contributed by atoms with Gasteiger partial charge >= 0.3 is 13.9 Å². The molecular weight excluding hydrogens is 208 g/mol. The van der Waals surface area contributed by atoms with Crippen LogP contribution in [0.15, 0.2) is 30.8 Å². The quantitative estimate of drug-likeness (QED) is 0.702. The van der Waals surface area contributed by atoms with E-state index in [9.17, 15) is 13.2 Å². The van der Waals surface area contributed by atoms with Gasteiger partial charge in [-0.3, -0.25) is 0 Å². The van der Waals surface area contributed by atoms with Gasteiger partial charge in [-0.1, -0.05) is 24.8 Å². The van der Waals surface area contributed by atoms with Crippen LogP contribution in [-0.4, -0.2) is 17.7 Å². The van der Waals surface area contributed by atoms with Gasteiger partial charge in [0.2, 0.25) is 0 Å². The molecule has 1 aromatic carbocycles. The van der Waals surface area contributed by atoms with Gasteiger partial charge in [-0.25, -0.2) is 0 Å². The average Bonchev–Trinajstić information content (AvgIpc) is 2.18. The molecule has 6 heteroatoms. The second-order valence-corrected chi connectivity index (χ2v) is 2.47. The summed E-state index contributed by atoms with van der Waals surface area (Å²) < 4.78 is 36.0. The van der Waals surface area contributed by atoms with Crippen LogP contribution in [0.2, 0.25) is 0 Å². The second kappa shape index (κ2) is 6.26. The van der Waals surface area contributed by atoms with Crippen LogP contribution in [0.1, 0.15) is 11.1 Å². The van der Waals surface area contributed by atoms with Crippen molar-refractivity contribution in [3.05, 3.63) is 42.0 Å². The van der Waals surface area contributed by atoms with Gasteiger partial charge < -0.3 is 10.0 Å². The molecule has 0 saturated carbocycles. The molecule has 2 N–H and O–H groups in total. The fraction of sp³-hybridized carbons (Fsp3) is 0.111. The van der Waals surface area contributed by atoms with Gasteiger partial charge in [0.05, 0.1) is 5.56 Å². The lowest BCUT2D eigenvalue weighted by atomic mass is 10.1. The van der Waals surface area contributed by atoms with Crippen molar-refractivity contribution < 1.29 is 23.2 Å². The maximum atomic E-state index is 12.0. The molecule has 15 heavy (non-hydrogen) atoms. The van der Waals surface area contributed by atoms with E-state index in [1.54, 1.807) is 0 Å². The summed E-state index contributed by atoms with van der Waals surface area (Å²) in [7, 11) is -0.750. The van der Waals surface area contributed by atoms with Gasteiger partial charge in [0, 0.05) is 0 Å². The normalized spacial score (nSPS) is 9.93. The maximum absolute atomic E-state index is 12.0. The third-order valence-corrected chi connectivity index (χ3v) is 1.47.